The Balaban J connectivity index is 1.86. The highest BCUT2D eigenvalue weighted by atomic mass is 35.5. The van der Waals surface area contributed by atoms with Crippen molar-refractivity contribution in [3.8, 4) is 5.75 Å². The van der Waals surface area contributed by atoms with E-state index >= 15 is 0 Å². The summed E-state index contributed by atoms with van der Waals surface area (Å²) in [6.45, 7) is 1.66. The van der Waals surface area contributed by atoms with Crippen LogP contribution < -0.4 is 10.1 Å². The first kappa shape index (κ1) is 16.8. The molecular formula is C16H15ClN2O4. The minimum Gasteiger partial charge on any atom is -0.484 e. The highest BCUT2D eigenvalue weighted by Crippen LogP contribution is 2.18. The van der Waals surface area contributed by atoms with Crippen molar-refractivity contribution in [3.05, 3.63) is 69.2 Å². The zero-order chi connectivity index (χ0) is 16.8. The fourth-order valence-electron chi connectivity index (χ4n) is 1.96. The predicted octanol–water partition coefficient (Wildman–Crippen LogP) is 3.50. The van der Waals surface area contributed by atoms with Gasteiger partial charge < -0.3 is 10.1 Å². The van der Waals surface area contributed by atoms with Gasteiger partial charge in [-0.1, -0.05) is 23.7 Å². The number of halogens is 1. The number of hydrogen-bond acceptors (Lipinski definition) is 4. The molecule has 0 aromatic heterocycles. The zero-order valence-corrected chi connectivity index (χ0v) is 13.1. The fourth-order valence-corrected chi connectivity index (χ4v) is 2.15. The number of nitro benzene ring substituents is 1. The number of carbonyl (C=O) groups is 1. The molecule has 0 aliphatic carbocycles. The smallest absolute Gasteiger partial charge is 0.269 e. The number of nitro groups is 1. The van der Waals surface area contributed by atoms with E-state index in [1.54, 1.807) is 12.1 Å². The van der Waals surface area contributed by atoms with E-state index < -0.39 is 4.92 Å². The van der Waals surface area contributed by atoms with Gasteiger partial charge in [0.15, 0.2) is 6.61 Å². The van der Waals surface area contributed by atoms with Crippen molar-refractivity contribution in [1.82, 2.24) is 5.32 Å². The molecule has 0 bridgehead atoms. The van der Waals surface area contributed by atoms with E-state index in [0.29, 0.717) is 10.8 Å². The maximum absolute atomic E-state index is 11.9. The highest BCUT2D eigenvalue weighted by Gasteiger charge is 2.11. The molecule has 1 atom stereocenters. The summed E-state index contributed by atoms with van der Waals surface area (Å²) in [7, 11) is 0. The first-order valence-corrected chi connectivity index (χ1v) is 7.25. The van der Waals surface area contributed by atoms with Gasteiger partial charge in [-0.15, -0.1) is 0 Å². The fraction of sp³-hybridized carbons (Fsp3) is 0.188. The molecule has 0 fully saturated rings. The van der Waals surface area contributed by atoms with Crippen LogP contribution in [0.3, 0.4) is 0 Å². The lowest BCUT2D eigenvalue weighted by atomic mass is 10.1. The van der Waals surface area contributed by atoms with Crippen LogP contribution in [-0.2, 0) is 4.79 Å². The van der Waals surface area contributed by atoms with Crippen molar-refractivity contribution in [3.63, 3.8) is 0 Å². The van der Waals surface area contributed by atoms with Crippen LogP contribution in [0.4, 0.5) is 5.69 Å². The van der Waals surface area contributed by atoms with Gasteiger partial charge in [0.05, 0.1) is 11.0 Å². The second-order valence-electron chi connectivity index (χ2n) is 4.88. The molecule has 0 aliphatic heterocycles. The molecule has 2 aromatic rings. The van der Waals surface area contributed by atoms with Crippen molar-refractivity contribution in [2.75, 3.05) is 6.61 Å². The van der Waals surface area contributed by atoms with Crippen molar-refractivity contribution in [2.24, 2.45) is 0 Å². The van der Waals surface area contributed by atoms with Crippen LogP contribution in [0.5, 0.6) is 5.75 Å². The van der Waals surface area contributed by atoms with Crippen LogP contribution in [-0.4, -0.2) is 17.4 Å². The standard InChI is InChI=1S/C16H15ClN2O4/c1-11(12-3-2-4-13(17)9-12)18-16(20)10-23-15-7-5-14(6-8-15)19(21)22/h2-9,11H,10H2,1H3,(H,18,20). The Kier molecular flexibility index (Phi) is 5.54. The summed E-state index contributed by atoms with van der Waals surface area (Å²) in [6, 6.07) is 12.6. The van der Waals surface area contributed by atoms with E-state index in [1.807, 2.05) is 19.1 Å². The maximum Gasteiger partial charge on any atom is 0.269 e. The van der Waals surface area contributed by atoms with E-state index in [0.717, 1.165) is 5.56 Å². The van der Waals surface area contributed by atoms with Crippen LogP contribution in [0.1, 0.15) is 18.5 Å². The van der Waals surface area contributed by atoms with Crippen LogP contribution in [0.25, 0.3) is 0 Å². The minimum atomic E-state index is -0.497. The van der Waals surface area contributed by atoms with Crippen LogP contribution in [0, 0.1) is 10.1 Å². The van der Waals surface area contributed by atoms with Crippen molar-refractivity contribution in [2.45, 2.75) is 13.0 Å². The Labute approximate surface area is 138 Å². The quantitative estimate of drug-likeness (QED) is 0.647. The van der Waals surface area contributed by atoms with E-state index in [2.05, 4.69) is 5.32 Å². The summed E-state index contributed by atoms with van der Waals surface area (Å²) in [5, 5.41) is 13.9. The van der Waals surface area contributed by atoms with Gasteiger partial charge in [0.1, 0.15) is 5.75 Å². The largest absolute Gasteiger partial charge is 0.484 e. The Hall–Kier alpha value is -2.60. The molecule has 2 aromatic carbocycles. The Bertz CT molecular complexity index is 703. The molecular weight excluding hydrogens is 320 g/mol. The maximum atomic E-state index is 11.9. The molecule has 7 heteroatoms. The third kappa shape index (κ3) is 4.96. The Morgan fingerprint density at radius 2 is 2.00 bits per heavy atom. The number of hydrogen-bond donors (Lipinski definition) is 1. The van der Waals surface area contributed by atoms with Gasteiger partial charge in [0, 0.05) is 17.2 Å². The van der Waals surface area contributed by atoms with E-state index in [9.17, 15) is 14.9 Å². The molecule has 0 saturated carbocycles. The third-order valence-electron chi connectivity index (χ3n) is 3.14. The molecule has 6 nitrogen and oxygen atoms in total. The number of ether oxygens (including phenoxy) is 1. The van der Waals surface area contributed by atoms with Crippen molar-refractivity contribution in [1.29, 1.82) is 0 Å². The van der Waals surface area contributed by atoms with Gasteiger partial charge in [-0.25, -0.2) is 0 Å². The number of rotatable bonds is 6. The molecule has 0 heterocycles. The zero-order valence-electron chi connectivity index (χ0n) is 12.4. The SMILES string of the molecule is CC(NC(=O)COc1ccc([N+](=O)[O-])cc1)c1cccc(Cl)c1. The Morgan fingerprint density at radius 3 is 2.61 bits per heavy atom. The molecule has 1 N–H and O–H groups in total. The number of nitrogens with zero attached hydrogens (tertiary/aromatic N) is 1. The van der Waals surface area contributed by atoms with Gasteiger partial charge in [0.25, 0.3) is 11.6 Å². The second kappa shape index (κ2) is 7.60. The lowest BCUT2D eigenvalue weighted by Crippen LogP contribution is -2.31. The van der Waals surface area contributed by atoms with Gasteiger partial charge in [-0.2, -0.15) is 0 Å². The average molecular weight is 335 g/mol. The summed E-state index contributed by atoms with van der Waals surface area (Å²) >= 11 is 5.92. The van der Waals surface area contributed by atoms with Gasteiger partial charge in [-0.05, 0) is 36.8 Å². The molecule has 0 aliphatic rings. The molecule has 2 rings (SSSR count). The van der Waals surface area contributed by atoms with E-state index in [4.69, 9.17) is 16.3 Å². The molecule has 0 saturated heterocycles. The number of nitrogens with one attached hydrogen (secondary N) is 1. The summed E-state index contributed by atoms with van der Waals surface area (Å²) in [4.78, 5) is 21.9. The Morgan fingerprint density at radius 1 is 1.30 bits per heavy atom. The molecule has 0 radical (unpaired) electrons. The van der Waals surface area contributed by atoms with Crippen molar-refractivity contribution >= 4 is 23.2 Å². The molecule has 0 spiro atoms. The van der Waals surface area contributed by atoms with Crippen LogP contribution in [0.15, 0.2) is 48.5 Å². The van der Waals surface area contributed by atoms with Crippen LogP contribution >= 0.6 is 11.6 Å². The van der Waals surface area contributed by atoms with Gasteiger partial charge in [0.2, 0.25) is 0 Å². The average Bonchev–Trinajstić information content (AvgIpc) is 2.53. The number of non-ortho nitro benzene ring substituents is 1. The van der Waals surface area contributed by atoms with E-state index in [-0.39, 0.29) is 24.2 Å². The van der Waals surface area contributed by atoms with Crippen LogP contribution in [0.2, 0.25) is 5.02 Å². The number of carbonyl (C=O) groups excluding carboxylic acids is 1. The van der Waals surface area contributed by atoms with E-state index in [1.165, 1.54) is 24.3 Å². The van der Waals surface area contributed by atoms with Gasteiger partial charge in [-0.3, -0.25) is 14.9 Å². The topological polar surface area (TPSA) is 81.5 Å². The molecule has 1 unspecified atom stereocenters. The molecule has 120 valence electrons. The lowest BCUT2D eigenvalue weighted by molar-refractivity contribution is -0.384. The third-order valence-corrected chi connectivity index (χ3v) is 3.38. The first-order valence-electron chi connectivity index (χ1n) is 6.88. The van der Waals surface area contributed by atoms with Gasteiger partial charge >= 0.3 is 0 Å². The summed E-state index contributed by atoms with van der Waals surface area (Å²) in [5.74, 6) is 0.0944. The first-order chi connectivity index (χ1) is 11.0. The summed E-state index contributed by atoms with van der Waals surface area (Å²) in [6.07, 6.45) is 0. The monoisotopic (exact) mass is 334 g/mol. The predicted molar refractivity (Wildman–Crippen MR) is 86.6 cm³/mol. The van der Waals surface area contributed by atoms with Crippen molar-refractivity contribution < 1.29 is 14.5 Å². The minimum absolute atomic E-state index is 0.0311. The second-order valence-corrected chi connectivity index (χ2v) is 5.32. The number of amides is 1. The lowest BCUT2D eigenvalue weighted by Gasteiger charge is -2.15. The molecule has 1 amide bonds. The summed E-state index contributed by atoms with van der Waals surface area (Å²) in [5.41, 5.74) is 0.859. The molecule has 23 heavy (non-hydrogen) atoms. The summed E-state index contributed by atoms with van der Waals surface area (Å²) < 4.78 is 5.30. The highest BCUT2D eigenvalue weighted by molar-refractivity contribution is 6.30. The normalized spacial score (nSPS) is 11.6. The number of benzene rings is 2.